The average molecular weight is 496 g/mol. The Morgan fingerprint density at radius 3 is 2.53 bits per heavy atom. The van der Waals surface area contributed by atoms with Crippen molar-refractivity contribution in [2.75, 3.05) is 0 Å². The molecule has 1 amide bonds. The summed E-state index contributed by atoms with van der Waals surface area (Å²) < 4.78 is 2.18. The third-order valence-electron chi connectivity index (χ3n) is 6.82. The number of hydrogen-bond acceptors (Lipinski definition) is 4. The first-order valence-electron chi connectivity index (χ1n) is 12.1. The van der Waals surface area contributed by atoms with Gasteiger partial charge in [0.25, 0.3) is 5.91 Å². The van der Waals surface area contributed by atoms with Crippen molar-refractivity contribution < 1.29 is 4.79 Å². The zero-order valence-corrected chi connectivity index (χ0v) is 22.0. The summed E-state index contributed by atoms with van der Waals surface area (Å²) in [5.74, 6) is 0.155. The fraction of sp³-hybridized carbons (Fsp3) is 0.241. The molecule has 5 rings (SSSR count). The normalized spacial score (nSPS) is 17.4. The Kier molecular flexibility index (Phi) is 6.26. The van der Waals surface area contributed by atoms with Gasteiger partial charge in [0.1, 0.15) is 5.04 Å². The summed E-state index contributed by atoms with van der Waals surface area (Å²) in [4.78, 5) is 17.2. The lowest BCUT2D eigenvalue weighted by molar-refractivity contribution is -0.114. The lowest BCUT2D eigenvalue weighted by Gasteiger charge is -2.20. The third kappa shape index (κ3) is 4.24. The Morgan fingerprint density at radius 1 is 1.08 bits per heavy atom. The summed E-state index contributed by atoms with van der Waals surface area (Å²) in [5, 5.41) is 16.0. The van der Waals surface area contributed by atoms with E-state index in [1.54, 1.807) is 6.08 Å². The van der Waals surface area contributed by atoms with Crippen molar-refractivity contribution in [2.45, 2.75) is 47.0 Å². The van der Waals surface area contributed by atoms with Crippen LogP contribution in [0.4, 0.5) is 0 Å². The molecule has 1 atom stereocenters. The molecule has 182 valence electrons. The number of aromatic nitrogens is 1. The van der Waals surface area contributed by atoms with Crippen LogP contribution < -0.4 is 0 Å². The van der Waals surface area contributed by atoms with Gasteiger partial charge in [-0.25, -0.2) is 0 Å². The summed E-state index contributed by atoms with van der Waals surface area (Å²) in [6.07, 6.45) is 2.87. The highest BCUT2D eigenvalue weighted by molar-refractivity contribution is 8.27. The second-order valence-electron chi connectivity index (χ2n) is 9.36. The molecule has 0 saturated carbocycles. The number of carbonyl (C=O) groups is 1. The van der Waals surface area contributed by atoms with Gasteiger partial charge in [-0.3, -0.25) is 10.2 Å². The Bertz CT molecular complexity index is 1480. The maximum atomic E-state index is 13.0. The van der Waals surface area contributed by atoms with E-state index >= 15 is 0 Å². The molecular weight excluding hydrogens is 466 g/mol. The molecule has 3 aromatic rings. The number of aryl methyl sites for hydroxylation is 2. The lowest BCUT2D eigenvalue weighted by atomic mass is 9.98. The predicted octanol–water partition coefficient (Wildman–Crippen LogP) is 6.58. The number of hydrazone groups is 1. The standard InChI is InChI=1S/C29H29N5OS/c1-6-18(3)21-10-12-24(13-11-21)33-19(4)15-23(20(33)5)16-25-26(30)34-29(31-27(25)35)36-28(32-34)22-9-7-8-17(2)14-22/h7-16,18,30H,6H2,1-5H3. The maximum Gasteiger partial charge on any atom is 0.283 e. The molecule has 36 heavy (non-hydrogen) atoms. The largest absolute Gasteiger partial charge is 0.318 e. The number of rotatable bonds is 5. The molecule has 6 nitrogen and oxygen atoms in total. The van der Waals surface area contributed by atoms with Crippen LogP contribution in [0.25, 0.3) is 11.8 Å². The molecule has 1 unspecified atom stereocenters. The number of hydrogen-bond donors (Lipinski definition) is 1. The number of amides is 1. The van der Waals surface area contributed by atoms with Crippen molar-refractivity contribution in [1.82, 2.24) is 9.58 Å². The van der Waals surface area contributed by atoms with Gasteiger partial charge in [0.15, 0.2) is 5.84 Å². The van der Waals surface area contributed by atoms with E-state index < -0.39 is 5.91 Å². The van der Waals surface area contributed by atoms with Gasteiger partial charge >= 0.3 is 0 Å². The highest BCUT2D eigenvalue weighted by Gasteiger charge is 2.36. The van der Waals surface area contributed by atoms with E-state index in [2.05, 4.69) is 59.7 Å². The van der Waals surface area contributed by atoms with Crippen molar-refractivity contribution in [3.63, 3.8) is 0 Å². The van der Waals surface area contributed by atoms with E-state index in [4.69, 9.17) is 5.41 Å². The van der Waals surface area contributed by atoms with Crippen LogP contribution >= 0.6 is 11.8 Å². The number of benzene rings is 2. The summed E-state index contributed by atoms with van der Waals surface area (Å²) in [5.41, 5.74) is 7.67. The molecule has 2 aromatic carbocycles. The van der Waals surface area contributed by atoms with Gasteiger partial charge in [-0.2, -0.15) is 15.1 Å². The quantitative estimate of drug-likeness (QED) is 0.406. The van der Waals surface area contributed by atoms with E-state index in [0.717, 1.165) is 45.2 Å². The van der Waals surface area contributed by atoms with Gasteiger partial charge in [0, 0.05) is 22.6 Å². The SMILES string of the molecule is CCC(C)c1ccc(-n2c(C)cc(C=C3C(=N)N4N=C(c5cccc(C)c5)SC4=NC3=O)c2C)cc1. The minimum absolute atomic E-state index is 0.0443. The zero-order chi connectivity index (χ0) is 25.6. The third-order valence-corrected chi connectivity index (χ3v) is 7.78. The van der Waals surface area contributed by atoms with E-state index in [9.17, 15) is 4.79 Å². The van der Waals surface area contributed by atoms with Gasteiger partial charge in [0.2, 0.25) is 5.17 Å². The molecule has 0 radical (unpaired) electrons. The highest BCUT2D eigenvalue weighted by Crippen LogP contribution is 2.32. The number of nitrogens with one attached hydrogen (secondary N) is 1. The van der Waals surface area contributed by atoms with Gasteiger partial charge < -0.3 is 4.57 Å². The molecule has 1 N–H and O–H groups in total. The Morgan fingerprint density at radius 2 is 1.83 bits per heavy atom. The second-order valence-corrected chi connectivity index (χ2v) is 10.3. The number of nitrogens with zero attached hydrogens (tertiary/aromatic N) is 4. The summed E-state index contributed by atoms with van der Waals surface area (Å²) in [6.45, 7) is 10.6. The average Bonchev–Trinajstić information content (AvgIpc) is 3.41. The molecule has 0 spiro atoms. The summed E-state index contributed by atoms with van der Waals surface area (Å²) in [6, 6.07) is 18.7. The van der Waals surface area contributed by atoms with Gasteiger partial charge in [-0.1, -0.05) is 49.7 Å². The summed E-state index contributed by atoms with van der Waals surface area (Å²) in [7, 11) is 0. The van der Waals surface area contributed by atoms with E-state index in [1.165, 1.54) is 22.3 Å². The molecule has 0 aliphatic carbocycles. The molecule has 2 aliphatic heterocycles. The minimum atomic E-state index is -0.415. The fourth-order valence-electron chi connectivity index (χ4n) is 4.56. The number of fused-ring (bicyclic) bond motifs is 1. The predicted molar refractivity (Wildman–Crippen MR) is 149 cm³/mol. The van der Waals surface area contributed by atoms with Crippen LogP contribution in [-0.4, -0.2) is 31.5 Å². The van der Waals surface area contributed by atoms with Crippen LogP contribution in [0, 0.1) is 26.2 Å². The van der Waals surface area contributed by atoms with Gasteiger partial charge in [0.05, 0.1) is 5.57 Å². The lowest BCUT2D eigenvalue weighted by Crippen LogP contribution is -2.35. The monoisotopic (exact) mass is 495 g/mol. The maximum absolute atomic E-state index is 13.0. The van der Waals surface area contributed by atoms with Crippen molar-refractivity contribution in [1.29, 1.82) is 5.41 Å². The van der Waals surface area contributed by atoms with Crippen LogP contribution in [-0.2, 0) is 4.79 Å². The topological polar surface area (TPSA) is 73.8 Å². The summed E-state index contributed by atoms with van der Waals surface area (Å²) >= 11 is 1.32. The van der Waals surface area contributed by atoms with Crippen LogP contribution in [0.15, 0.2) is 70.3 Å². The second kappa shape index (κ2) is 9.39. The first-order valence-corrected chi connectivity index (χ1v) is 12.9. The number of thioether (sulfide) groups is 1. The van der Waals surface area contributed by atoms with Gasteiger partial charge in [-0.05, 0) is 86.3 Å². The first kappa shape index (κ1) is 24.0. The van der Waals surface area contributed by atoms with Crippen molar-refractivity contribution in [3.05, 3.63) is 93.8 Å². The zero-order valence-electron chi connectivity index (χ0n) is 21.2. The molecule has 0 saturated heterocycles. The Labute approximate surface area is 215 Å². The van der Waals surface area contributed by atoms with Crippen LogP contribution in [0.5, 0.6) is 0 Å². The van der Waals surface area contributed by atoms with Crippen molar-refractivity contribution >= 4 is 39.8 Å². The van der Waals surface area contributed by atoms with Crippen molar-refractivity contribution in [2.24, 2.45) is 10.1 Å². The molecule has 0 fully saturated rings. The number of amidine groups is 2. The Hall–Kier alpha value is -3.71. The van der Waals surface area contributed by atoms with E-state index in [-0.39, 0.29) is 11.4 Å². The molecule has 2 aliphatic rings. The van der Waals surface area contributed by atoms with Crippen LogP contribution in [0.2, 0.25) is 0 Å². The minimum Gasteiger partial charge on any atom is -0.318 e. The van der Waals surface area contributed by atoms with Crippen LogP contribution in [0.3, 0.4) is 0 Å². The highest BCUT2D eigenvalue weighted by atomic mass is 32.2. The molecule has 1 aromatic heterocycles. The molecule has 7 heteroatoms. The fourth-order valence-corrected chi connectivity index (χ4v) is 5.45. The smallest absolute Gasteiger partial charge is 0.283 e. The van der Waals surface area contributed by atoms with E-state index in [0.29, 0.717) is 11.1 Å². The number of carbonyl (C=O) groups excluding carboxylic acids is 1. The first-order chi connectivity index (χ1) is 17.3. The van der Waals surface area contributed by atoms with Gasteiger partial charge in [-0.15, -0.1) is 0 Å². The van der Waals surface area contributed by atoms with Crippen molar-refractivity contribution in [3.8, 4) is 5.69 Å². The van der Waals surface area contributed by atoms with Crippen LogP contribution in [0.1, 0.15) is 59.8 Å². The molecule has 3 heterocycles. The number of aliphatic imine (C=N–C) groups is 1. The van der Waals surface area contributed by atoms with E-state index in [1.807, 2.05) is 44.2 Å². The molecule has 0 bridgehead atoms. The molecular formula is C29H29N5OS. The Balaban J connectivity index is 1.47.